The first kappa shape index (κ1) is 26.5. The molecule has 2 unspecified atom stereocenters. The lowest BCUT2D eigenvalue weighted by Crippen LogP contribution is -2.57. The minimum Gasteiger partial charge on any atom is -0.464 e. The molecule has 3 aliphatic carbocycles. The molecule has 0 aromatic carbocycles. The van der Waals surface area contributed by atoms with Crippen molar-refractivity contribution in [3.63, 3.8) is 0 Å². The SMILES string of the molecule is CC(=O)CN1CCN(C(=O)CCNC(=O)OCC2[C@H]3CCC#CCC[C@@H]23)CC1COC(=O)C1(C)CC1. The van der Waals surface area contributed by atoms with Crippen LogP contribution in [0.25, 0.3) is 0 Å². The van der Waals surface area contributed by atoms with Crippen LogP contribution in [0.3, 0.4) is 0 Å². The Morgan fingerprint density at radius 2 is 1.69 bits per heavy atom. The van der Waals surface area contributed by atoms with Gasteiger partial charge in [0.2, 0.25) is 5.91 Å². The van der Waals surface area contributed by atoms with Crippen LogP contribution in [0.5, 0.6) is 0 Å². The second-order valence-electron chi connectivity index (χ2n) is 11.0. The quantitative estimate of drug-likeness (QED) is 0.361. The van der Waals surface area contributed by atoms with Crippen LogP contribution in [-0.2, 0) is 23.9 Å². The van der Waals surface area contributed by atoms with Gasteiger partial charge in [0.15, 0.2) is 0 Å². The van der Waals surface area contributed by atoms with Gasteiger partial charge < -0.3 is 19.7 Å². The van der Waals surface area contributed by atoms with Crippen molar-refractivity contribution < 1.29 is 28.7 Å². The number of rotatable bonds is 10. The van der Waals surface area contributed by atoms with Crippen LogP contribution >= 0.6 is 0 Å². The summed E-state index contributed by atoms with van der Waals surface area (Å²) >= 11 is 0. The monoisotopic (exact) mass is 501 g/mol. The number of amides is 2. The topological polar surface area (TPSA) is 105 Å². The number of ether oxygens (including phenoxy) is 2. The Balaban J connectivity index is 1.16. The number of esters is 1. The third kappa shape index (κ3) is 7.00. The number of alkyl carbamates (subject to hydrolysis) is 1. The highest BCUT2D eigenvalue weighted by atomic mass is 16.5. The smallest absolute Gasteiger partial charge is 0.407 e. The Bertz CT molecular complexity index is 902. The van der Waals surface area contributed by atoms with E-state index in [1.54, 1.807) is 4.90 Å². The molecule has 0 aromatic heterocycles. The summed E-state index contributed by atoms with van der Waals surface area (Å²) in [6, 6.07) is -0.225. The molecular formula is C27H39N3O6. The van der Waals surface area contributed by atoms with Crippen molar-refractivity contribution in [2.45, 2.75) is 64.8 Å². The number of hydrogen-bond acceptors (Lipinski definition) is 7. The summed E-state index contributed by atoms with van der Waals surface area (Å²) in [5, 5.41) is 2.69. The number of nitrogens with zero attached hydrogens (tertiary/aromatic N) is 2. The van der Waals surface area contributed by atoms with E-state index in [0.717, 1.165) is 38.5 Å². The fourth-order valence-corrected chi connectivity index (χ4v) is 5.44. The van der Waals surface area contributed by atoms with Gasteiger partial charge in [0, 0.05) is 45.4 Å². The highest BCUT2D eigenvalue weighted by Crippen LogP contribution is 2.52. The highest BCUT2D eigenvalue weighted by Gasteiger charge is 2.49. The van der Waals surface area contributed by atoms with E-state index >= 15 is 0 Å². The predicted octanol–water partition coefficient (Wildman–Crippen LogP) is 1.99. The molecule has 2 amide bonds. The van der Waals surface area contributed by atoms with E-state index in [-0.39, 0.29) is 55.2 Å². The molecule has 4 rings (SSSR count). The van der Waals surface area contributed by atoms with Gasteiger partial charge in [-0.25, -0.2) is 4.79 Å². The Morgan fingerprint density at radius 3 is 2.33 bits per heavy atom. The van der Waals surface area contributed by atoms with Crippen molar-refractivity contribution >= 4 is 23.8 Å². The molecule has 0 bridgehead atoms. The molecule has 2 saturated carbocycles. The van der Waals surface area contributed by atoms with Crippen molar-refractivity contribution in [3.05, 3.63) is 0 Å². The molecule has 0 aromatic rings. The van der Waals surface area contributed by atoms with Crippen molar-refractivity contribution in [2.75, 3.05) is 45.9 Å². The number of nitrogens with one attached hydrogen (secondary N) is 1. The summed E-state index contributed by atoms with van der Waals surface area (Å²) in [6.07, 6.45) is 5.38. The molecule has 3 fully saturated rings. The predicted molar refractivity (Wildman–Crippen MR) is 132 cm³/mol. The third-order valence-corrected chi connectivity index (χ3v) is 8.14. The van der Waals surface area contributed by atoms with E-state index in [0.29, 0.717) is 44.0 Å². The molecule has 4 atom stereocenters. The molecule has 0 spiro atoms. The number of piperazine rings is 1. The molecule has 9 heteroatoms. The van der Waals surface area contributed by atoms with E-state index in [9.17, 15) is 19.2 Å². The first-order chi connectivity index (χ1) is 17.3. The lowest BCUT2D eigenvalue weighted by Gasteiger charge is -2.40. The molecule has 1 heterocycles. The zero-order chi connectivity index (χ0) is 25.7. The molecule has 0 radical (unpaired) electrons. The zero-order valence-electron chi connectivity index (χ0n) is 21.6. The zero-order valence-corrected chi connectivity index (χ0v) is 21.6. The van der Waals surface area contributed by atoms with Crippen LogP contribution in [0.4, 0.5) is 4.79 Å². The second-order valence-corrected chi connectivity index (χ2v) is 11.0. The van der Waals surface area contributed by atoms with Crippen molar-refractivity contribution in [3.8, 4) is 11.8 Å². The lowest BCUT2D eigenvalue weighted by atomic mass is 10.1. The van der Waals surface area contributed by atoms with Crippen LogP contribution in [-0.4, -0.2) is 85.5 Å². The second kappa shape index (κ2) is 11.6. The van der Waals surface area contributed by atoms with Gasteiger partial charge in [-0.05, 0) is 57.3 Å². The Labute approximate surface area is 213 Å². The normalized spacial score (nSPS) is 28.3. The first-order valence-corrected chi connectivity index (χ1v) is 13.3. The fourth-order valence-electron chi connectivity index (χ4n) is 5.44. The van der Waals surface area contributed by atoms with E-state index < -0.39 is 6.09 Å². The lowest BCUT2D eigenvalue weighted by molar-refractivity contribution is -0.152. The summed E-state index contributed by atoms with van der Waals surface area (Å²) < 4.78 is 11.0. The Morgan fingerprint density at radius 1 is 1.00 bits per heavy atom. The summed E-state index contributed by atoms with van der Waals surface area (Å²) in [5.74, 6) is 7.78. The average molecular weight is 502 g/mol. The van der Waals surface area contributed by atoms with Gasteiger partial charge in [-0.15, -0.1) is 11.8 Å². The number of hydrogen-bond donors (Lipinski definition) is 1. The van der Waals surface area contributed by atoms with Gasteiger partial charge in [-0.1, -0.05) is 0 Å². The molecule has 36 heavy (non-hydrogen) atoms. The van der Waals surface area contributed by atoms with Gasteiger partial charge >= 0.3 is 12.1 Å². The van der Waals surface area contributed by atoms with Crippen molar-refractivity contribution in [2.24, 2.45) is 23.2 Å². The largest absolute Gasteiger partial charge is 0.464 e. The number of ketones is 1. The standard InChI is InChI=1S/C27H39N3O6/c1-19(31)15-29-13-14-30(16-20(29)17-35-25(33)27(2)10-11-27)24(32)9-12-28-26(34)36-18-23-21-7-5-3-4-6-8-22(21)23/h20-23H,5-18H2,1-2H3,(H,28,34)/t20?,21-,22+,23?. The van der Waals surface area contributed by atoms with Gasteiger partial charge in [0.1, 0.15) is 12.4 Å². The maximum atomic E-state index is 12.8. The Hall–Kier alpha value is -2.60. The fraction of sp³-hybridized carbons (Fsp3) is 0.778. The van der Waals surface area contributed by atoms with Gasteiger partial charge in [-0.2, -0.15) is 0 Å². The first-order valence-electron chi connectivity index (χ1n) is 13.3. The molecule has 1 saturated heterocycles. The van der Waals surface area contributed by atoms with E-state index in [1.165, 1.54) is 6.92 Å². The number of fused-ring (bicyclic) bond motifs is 1. The van der Waals surface area contributed by atoms with Crippen LogP contribution < -0.4 is 5.32 Å². The van der Waals surface area contributed by atoms with Crippen molar-refractivity contribution in [1.82, 2.24) is 15.1 Å². The third-order valence-electron chi connectivity index (χ3n) is 8.14. The average Bonchev–Trinajstić information content (AvgIpc) is 3.73. The van der Waals surface area contributed by atoms with Crippen LogP contribution in [0.15, 0.2) is 0 Å². The summed E-state index contributed by atoms with van der Waals surface area (Å²) in [5.41, 5.74) is -0.375. The molecule has 9 nitrogen and oxygen atoms in total. The van der Waals surface area contributed by atoms with E-state index in [1.807, 2.05) is 11.8 Å². The van der Waals surface area contributed by atoms with Crippen molar-refractivity contribution in [1.29, 1.82) is 0 Å². The summed E-state index contributed by atoms with van der Waals surface area (Å²) in [6.45, 7) is 5.89. The molecule has 198 valence electrons. The van der Waals surface area contributed by atoms with E-state index in [2.05, 4.69) is 17.2 Å². The van der Waals surface area contributed by atoms with Crippen LogP contribution in [0, 0.1) is 35.0 Å². The van der Waals surface area contributed by atoms with Gasteiger partial charge in [0.05, 0.1) is 24.6 Å². The summed E-state index contributed by atoms with van der Waals surface area (Å²) in [7, 11) is 0. The Kier molecular flexibility index (Phi) is 8.55. The number of carbonyl (C=O) groups is 4. The number of carbonyl (C=O) groups excluding carboxylic acids is 4. The van der Waals surface area contributed by atoms with Gasteiger partial charge in [0.25, 0.3) is 0 Å². The molecule has 4 aliphatic rings. The van der Waals surface area contributed by atoms with E-state index in [4.69, 9.17) is 9.47 Å². The maximum Gasteiger partial charge on any atom is 0.407 e. The summed E-state index contributed by atoms with van der Waals surface area (Å²) in [4.78, 5) is 52.6. The highest BCUT2D eigenvalue weighted by molar-refractivity contribution is 5.80. The molecular weight excluding hydrogens is 462 g/mol. The number of Topliss-reactive ketones (excluding diaryl/α,β-unsaturated/α-hetero) is 1. The minimum absolute atomic E-state index is 0.0351. The molecule has 1 N–H and O–H groups in total. The van der Waals surface area contributed by atoms with Crippen LogP contribution in [0.1, 0.15) is 58.8 Å². The molecule has 1 aliphatic heterocycles. The van der Waals surface area contributed by atoms with Crippen LogP contribution in [0.2, 0.25) is 0 Å². The maximum absolute atomic E-state index is 12.8. The minimum atomic E-state index is -0.483. The van der Waals surface area contributed by atoms with Gasteiger partial charge in [-0.3, -0.25) is 19.3 Å².